The Balaban J connectivity index is 1.39. The van der Waals surface area contributed by atoms with Gasteiger partial charge in [-0.05, 0) is 85.1 Å². The molecule has 2 aliphatic heterocycles. The Morgan fingerprint density at radius 2 is 1.89 bits per heavy atom. The van der Waals surface area contributed by atoms with Gasteiger partial charge in [0.1, 0.15) is 11.8 Å². The zero-order chi connectivity index (χ0) is 26.2. The molecule has 196 valence electrons. The maximum atomic E-state index is 6.97. The van der Waals surface area contributed by atoms with Crippen molar-refractivity contribution in [2.75, 3.05) is 22.9 Å². The van der Waals surface area contributed by atoms with E-state index in [0.717, 1.165) is 46.6 Å². The summed E-state index contributed by atoms with van der Waals surface area (Å²) in [5.74, 6) is 2.19. The Bertz CT molecular complexity index is 1400. The van der Waals surface area contributed by atoms with E-state index in [1.807, 2.05) is 36.5 Å². The van der Waals surface area contributed by atoms with Crippen molar-refractivity contribution in [2.45, 2.75) is 38.9 Å². The van der Waals surface area contributed by atoms with Crippen molar-refractivity contribution in [3.63, 3.8) is 0 Å². The van der Waals surface area contributed by atoms with Crippen LogP contribution in [0.5, 0.6) is 0 Å². The summed E-state index contributed by atoms with van der Waals surface area (Å²) in [5, 5.41) is 4.96. The van der Waals surface area contributed by atoms with E-state index in [9.17, 15) is 0 Å². The number of aromatic nitrogens is 2. The van der Waals surface area contributed by atoms with E-state index in [2.05, 4.69) is 75.0 Å². The third-order valence-corrected chi connectivity index (χ3v) is 8.21. The van der Waals surface area contributed by atoms with Gasteiger partial charge in [0.2, 0.25) is 0 Å². The lowest BCUT2D eigenvalue weighted by Gasteiger charge is -2.37. The number of benzene rings is 1. The fraction of sp³-hybridized carbons (Fsp3) is 0.333. The second-order valence-corrected chi connectivity index (χ2v) is 11.4. The summed E-state index contributed by atoms with van der Waals surface area (Å²) in [5.41, 5.74) is 4.10. The third-order valence-electron chi connectivity index (χ3n) is 7.59. The van der Waals surface area contributed by atoms with Gasteiger partial charge in [0.05, 0.1) is 35.3 Å². The molecule has 2 saturated heterocycles. The molecular formula is C30H32ClN5OS. The van der Waals surface area contributed by atoms with Crippen LogP contribution in [0.25, 0.3) is 0 Å². The predicted molar refractivity (Wildman–Crippen MR) is 157 cm³/mol. The monoisotopic (exact) mass is 545 g/mol. The van der Waals surface area contributed by atoms with E-state index >= 15 is 0 Å². The Hall–Kier alpha value is -3.29. The van der Waals surface area contributed by atoms with Crippen LogP contribution >= 0.6 is 23.8 Å². The topological polar surface area (TPSA) is 49.5 Å². The van der Waals surface area contributed by atoms with E-state index < -0.39 is 0 Å². The van der Waals surface area contributed by atoms with Crippen LogP contribution < -0.4 is 15.1 Å². The first kappa shape index (κ1) is 25.0. The number of anilines is 2. The van der Waals surface area contributed by atoms with Crippen molar-refractivity contribution in [1.29, 1.82) is 0 Å². The van der Waals surface area contributed by atoms with E-state index in [1.54, 1.807) is 6.26 Å². The molecule has 0 amide bonds. The van der Waals surface area contributed by atoms with E-state index in [-0.39, 0.29) is 12.1 Å². The number of halogens is 1. The molecule has 1 N–H and O–H groups in total. The summed E-state index contributed by atoms with van der Waals surface area (Å²) in [6.07, 6.45) is 6.88. The quantitative estimate of drug-likeness (QED) is 0.268. The van der Waals surface area contributed by atoms with Crippen LogP contribution in [0.2, 0.25) is 5.02 Å². The Morgan fingerprint density at radius 1 is 1.05 bits per heavy atom. The second kappa shape index (κ2) is 10.5. The number of nitrogens with zero attached hydrogens (tertiary/aromatic N) is 4. The summed E-state index contributed by atoms with van der Waals surface area (Å²) in [4.78, 5) is 9.29. The van der Waals surface area contributed by atoms with Crippen LogP contribution in [0.15, 0.2) is 83.7 Å². The zero-order valence-electron chi connectivity index (χ0n) is 21.6. The van der Waals surface area contributed by atoms with E-state index in [1.165, 1.54) is 6.42 Å². The van der Waals surface area contributed by atoms with E-state index in [4.69, 9.17) is 28.2 Å². The first-order valence-electron chi connectivity index (χ1n) is 13.2. The van der Waals surface area contributed by atoms with Gasteiger partial charge in [-0.15, -0.1) is 0 Å². The molecule has 0 radical (unpaired) electrons. The average Bonchev–Trinajstić information content (AvgIpc) is 3.65. The largest absolute Gasteiger partial charge is 0.467 e. The Morgan fingerprint density at radius 3 is 2.61 bits per heavy atom. The second-order valence-electron chi connectivity index (χ2n) is 10.6. The normalized spacial score (nSPS) is 23.6. The van der Waals surface area contributed by atoms with Crippen LogP contribution in [0.1, 0.15) is 49.5 Å². The van der Waals surface area contributed by atoms with Crippen molar-refractivity contribution in [2.24, 2.45) is 11.8 Å². The van der Waals surface area contributed by atoms with Gasteiger partial charge in [0.15, 0.2) is 5.11 Å². The molecule has 4 aromatic rings. The van der Waals surface area contributed by atoms with Crippen LogP contribution in [0, 0.1) is 11.8 Å². The number of rotatable bonds is 6. The van der Waals surface area contributed by atoms with Crippen molar-refractivity contribution < 1.29 is 4.42 Å². The van der Waals surface area contributed by atoms with Gasteiger partial charge < -0.3 is 24.1 Å². The van der Waals surface area contributed by atoms with Gasteiger partial charge in [-0.2, -0.15) is 0 Å². The van der Waals surface area contributed by atoms with Crippen molar-refractivity contribution in [3.05, 3.63) is 101 Å². The molecule has 0 aliphatic carbocycles. The van der Waals surface area contributed by atoms with Gasteiger partial charge >= 0.3 is 0 Å². The number of thiocarbonyl (C=S) groups is 1. The van der Waals surface area contributed by atoms with Crippen LogP contribution in [-0.2, 0) is 6.54 Å². The lowest BCUT2D eigenvalue weighted by Crippen LogP contribution is -2.38. The summed E-state index contributed by atoms with van der Waals surface area (Å²) in [6, 6.07) is 20.2. The van der Waals surface area contributed by atoms with Crippen LogP contribution in [-0.4, -0.2) is 27.8 Å². The summed E-state index contributed by atoms with van der Waals surface area (Å²) in [7, 11) is 0. The molecule has 2 fully saturated rings. The van der Waals surface area contributed by atoms with Crippen LogP contribution in [0.4, 0.5) is 11.4 Å². The van der Waals surface area contributed by atoms with Crippen molar-refractivity contribution >= 4 is 40.3 Å². The van der Waals surface area contributed by atoms with E-state index in [0.29, 0.717) is 23.5 Å². The number of pyridine rings is 1. The number of nitrogens with one attached hydrogen (secondary N) is 1. The SMILES string of the molecule is C[C@@H]1C[C@H](C)CN(c2ccc(N3C(=S)N[C@@H](c4ccccn4)[C@@H]3c3cccn3Cc3ccco3)cc2Cl)C1. The average molecular weight is 546 g/mol. The minimum absolute atomic E-state index is 0.126. The first-order valence-corrected chi connectivity index (χ1v) is 14.0. The summed E-state index contributed by atoms with van der Waals surface area (Å²) in [6.45, 7) is 7.32. The molecule has 4 atom stereocenters. The maximum absolute atomic E-state index is 6.97. The minimum atomic E-state index is -0.129. The molecule has 5 heterocycles. The fourth-order valence-corrected chi connectivity index (χ4v) is 6.75. The van der Waals surface area contributed by atoms with Gasteiger partial charge in [0.25, 0.3) is 0 Å². The molecule has 0 unspecified atom stereocenters. The molecular weight excluding hydrogens is 514 g/mol. The minimum Gasteiger partial charge on any atom is -0.467 e. The number of hydrogen-bond acceptors (Lipinski definition) is 4. The number of furan rings is 1. The molecule has 38 heavy (non-hydrogen) atoms. The van der Waals surface area contributed by atoms with Gasteiger partial charge in [0, 0.05) is 36.9 Å². The fourth-order valence-electron chi connectivity index (χ4n) is 6.11. The lowest BCUT2D eigenvalue weighted by atomic mass is 9.91. The van der Waals surface area contributed by atoms with Crippen LogP contribution in [0.3, 0.4) is 0 Å². The molecule has 1 aromatic carbocycles. The zero-order valence-corrected chi connectivity index (χ0v) is 23.2. The lowest BCUT2D eigenvalue weighted by molar-refractivity contribution is 0.357. The van der Waals surface area contributed by atoms with Gasteiger partial charge in [-0.3, -0.25) is 4.98 Å². The molecule has 0 saturated carbocycles. The highest BCUT2D eigenvalue weighted by atomic mass is 35.5. The number of hydrogen-bond donors (Lipinski definition) is 1. The van der Waals surface area contributed by atoms with Gasteiger partial charge in [-0.25, -0.2) is 0 Å². The predicted octanol–water partition coefficient (Wildman–Crippen LogP) is 6.84. The molecule has 0 spiro atoms. The summed E-state index contributed by atoms with van der Waals surface area (Å²) >= 11 is 12.9. The van der Waals surface area contributed by atoms with Gasteiger partial charge in [-0.1, -0.05) is 31.5 Å². The molecule has 3 aromatic heterocycles. The third kappa shape index (κ3) is 4.81. The Kier molecular flexibility index (Phi) is 6.89. The highest BCUT2D eigenvalue weighted by molar-refractivity contribution is 7.80. The highest BCUT2D eigenvalue weighted by Crippen LogP contribution is 2.43. The standard InChI is InChI=1S/C30H32ClN5OS/c1-20-15-21(2)18-35(17-20)26-11-10-22(16-24(26)31)36-29(28(33-30(36)38)25-8-3-4-12-32-25)27-9-5-13-34(27)19-23-7-6-14-37-23/h3-14,16,20-21,28-29H,15,17-19H2,1-2H3,(H,33,38)/t20-,21+,28-,29-/m0/s1. The molecule has 0 bridgehead atoms. The Labute approximate surface area is 234 Å². The smallest absolute Gasteiger partial charge is 0.174 e. The summed E-state index contributed by atoms with van der Waals surface area (Å²) < 4.78 is 7.88. The molecule has 8 heteroatoms. The highest BCUT2D eigenvalue weighted by Gasteiger charge is 2.42. The molecule has 2 aliphatic rings. The molecule has 6 rings (SSSR count). The van der Waals surface area contributed by atoms with Crippen molar-refractivity contribution in [3.8, 4) is 0 Å². The molecule has 6 nitrogen and oxygen atoms in total. The maximum Gasteiger partial charge on any atom is 0.174 e. The first-order chi connectivity index (χ1) is 18.5. The van der Waals surface area contributed by atoms with Crippen molar-refractivity contribution in [1.82, 2.24) is 14.9 Å². The number of piperidine rings is 1.